The molecule has 0 aromatic rings. The van der Waals surface area contributed by atoms with Crippen LogP contribution in [0.4, 0.5) is 0 Å². The van der Waals surface area contributed by atoms with Gasteiger partial charge in [0.25, 0.3) is 0 Å². The smallest absolute Gasteiger partial charge is 0.236 e. The van der Waals surface area contributed by atoms with Crippen molar-refractivity contribution in [2.75, 3.05) is 19.6 Å². The van der Waals surface area contributed by atoms with E-state index in [0.29, 0.717) is 25.7 Å². The molecular formula is C12H24N2O2. The fourth-order valence-electron chi connectivity index (χ4n) is 2.05. The van der Waals surface area contributed by atoms with Crippen molar-refractivity contribution in [2.45, 2.75) is 52.4 Å². The first kappa shape index (κ1) is 13.5. The van der Waals surface area contributed by atoms with Gasteiger partial charge in [0.1, 0.15) is 0 Å². The fraction of sp³-hybridized carbons (Fsp3) is 0.917. The van der Waals surface area contributed by atoms with E-state index in [2.05, 4.69) is 5.32 Å². The van der Waals surface area contributed by atoms with Crippen molar-refractivity contribution in [1.29, 1.82) is 0 Å². The molecule has 1 aliphatic heterocycles. The van der Waals surface area contributed by atoms with E-state index in [4.69, 9.17) is 4.74 Å². The molecule has 1 fully saturated rings. The number of nitrogens with one attached hydrogen (secondary N) is 1. The normalized spacial score (nSPS) is 24.9. The predicted octanol–water partition coefficient (Wildman–Crippen LogP) is 1.01. The molecule has 1 unspecified atom stereocenters. The van der Waals surface area contributed by atoms with Gasteiger partial charge in [-0.15, -0.1) is 0 Å². The summed E-state index contributed by atoms with van der Waals surface area (Å²) in [5.74, 6) is 0.164. The molecule has 1 atom stereocenters. The molecule has 1 rings (SSSR count). The van der Waals surface area contributed by atoms with Gasteiger partial charge in [0.05, 0.1) is 18.2 Å². The molecule has 1 amide bonds. The average Bonchev–Trinajstić information content (AvgIpc) is 2.10. The highest BCUT2D eigenvalue weighted by Crippen LogP contribution is 2.20. The molecule has 16 heavy (non-hydrogen) atoms. The summed E-state index contributed by atoms with van der Waals surface area (Å²) >= 11 is 0. The van der Waals surface area contributed by atoms with Gasteiger partial charge in [0, 0.05) is 19.1 Å². The fourth-order valence-corrected chi connectivity index (χ4v) is 2.05. The first-order chi connectivity index (χ1) is 7.30. The quantitative estimate of drug-likeness (QED) is 0.784. The summed E-state index contributed by atoms with van der Waals surface area (Å²) in [5.41, 5.74) is -0.231. The maximum atomic E-state index is 11.9. The van der Waals surface area contributed by atoms with Crippen LogP contribution in [0.3, 0.4) is 0 Å². The summed E-state index contributed by atoms with van der Waals surface area (Å²) in [6.07, 6.45) is 0.117. The first-order valence-corrected chi connectivity index (χ1v) is 5.99. The van der Waals surface area contributed by atoms with Gasteiger partial charge in [-0.3, -0.25) is 4.79 Å². The van der Waals surface area contributed by atoms with E-state index in [1.54, 1.807) is 0 Å². The second-order valence-electron chi connectivity index (χ2n) is 5.50. The molecule has 0 bridgehead atoms. The van der Waals surface area contributed by atoms with Gasteiger partial charge < -0.3 is 15.0 Å². The zero-order valence-corrected chi connectivity index (χ0v) is 11.0. The van der Waals surface area contributed by atoms with Crippen LogP contribution in [0.15, 0.2) is 0 Å². The third-order valence-corrected chi connectivity index (χ3v) is 2.58. The number of carbonyl (C=O) groups excluding carboxylic acids is 1. The highest BCUT2D eigenvalue weighted by molar-refractivity contribution is 5.78. The van der Waals surface area contributed by atoms with Crippen LogP contribution < -0.4 is 5.32 Å². The van der Waals surface area contributed by atoms with Crippen LogP contribution in [-0.4, -0.2) is 48.2 Å². The Morgan fingerprint density at radius 1 is 1.56 bits per heavy atom. The number of hydrogen-bond donors (Lipinski definition) is 1. The molecular weight excluding hydrogens is 204 g/mol. The number of hydrogen-bond acceptors (Lipinski definition) is 3. The summed E-state index contributed by atoms with van der Waals surface area (Å²) in [6.45, 7) is 11.9. The Morgan fingerprint density at radius 3 is 2.69 bits per heavy atom. The second kappa shape index (κ2) is 5.15. The lowest BCUT2D eigenvalue weighted by Gasteiger charge is -2.41. The standard InChI is InChI=1S/C12H24N2O2/c1-9(2)13-6-11(15)14-7-10(3)16-12(4,5)8-14/h9-10,13H,6-8H2,1-5H3. The van der Waals surface area contributed by atoms with Crippen molar-refractivity contribution in [2.24, 2.45) is 0 Å². The first-order valence-electron chi connectivity index (χ1n) is 5.99. The van der Waals surface area contributed by atoms with Gasteiger partial charge in [0.15, 0.2) is 0 Å². The van der Waals surface area contributed by atoms with E-state index < -0.39 is 0 Å². The van der Waals surface area contributed by atoms with E-state index in [0.717, 1.165) is 0 Å². The summed E-state index contributed by atoms with van der Waals surface area (Å²) < 4.78 is 5.77. The Bertz CT molecular complexity index is 251. The van der Waals surface area contributed by atoms with Gasteiger partial charge in [-0.25, -0.2) is 0 Å². The Labute approximate surface area is 98.3 Å². The minimum atomic E-state index is -0.231. The van der Waals surface area contributed by atoms with Crippen LogP contribution in [0, 0.1) is 0 Å². The van der Waals surface area contributed by atoms with Gasteiger partial charge in [-0.05, 0) is 20.8 Å². The van der Waals surface area contributed by atoms with Crippen molar-refractivity contribution in [3.8, 4) is 0 Å². The maximum Gasteiger partial charge on any atom is 0.236 e. The monoisotopic (exact) mass is 228 g/mol. The number of ether oxygens (including phenoxy) is 1. The molecule has 4 heteroatoms. The number of rotatable bonds is 3. The minimum Gasteiger partial charge on any atom is -0.369 e. The molecule has 94 valence electrons. The molecule has 0 aromatic heterocycles. The van der Waals surface area contributed by atoms with E-state index >= 15 is 0 Å². The van der Waals surface area contributed by atoms with Gasteiger partial charge in [-0.1, -0.05) is 13.8 Å². The third kappa shape index (κ3) is 4.10. The SMILES string of the molecule is CC(C)NCC(=O)N1CC(C)OC(C)(C)C1. The van der Waals surface area contributed by atoms with Gasteiger partial charge >= 0.3 is 0 Å². The topological polar surface area (TPSA) is 41.6 Å². The largest absolute Gasteiger partial charge is 0.369 e. The van der Waals surface area contributed by atoms with Crippen LogP contribution in [0.5, 0.6) is 0 Å². The van der Waals surface area contributed by atoms with E-state index in [1.165, 1.54) is 0 Å². The lowest BCUT2D eigenvalue weighted by atomic mass is 10.1. The van der Waals surface area contributed by atoms with Crippen LogP contribution in [0.25, 0.3) is 0 Å². The van der Waals surface area contributed by atoms with Crippen LogP contribution in [0.1, 0.15) is 34.6 Å². The lowest BCUT2D eigenvalue weighted by Crippen LogP contribution is -2.55. The van der Waals surface area contributed by atoms with Gasteiger partial charge in [0.2, 0.25) is 5.91 Å². The van der Waals surface area contributed by atoms with Crippen molar-refractivity contribution >= 4 is 5.91 Å². The summed E-state index contributed by atoms with van der Waals surface area (Å²) in [6, 6.07) is 0.343. The lowest BCUT2D eigenvalue weighted by molar-refractivity contribution is -0.157. The highest BCUT2D eigenvalue weighted by Gasteiger charge is 2.33. The predicted molar refractivity (Wildman–Crippen MR) is 64.3 cm³/mol. The molecule has 1 heterocycles. The van der Waals surface area contributed by atoms with Crippen LogP contribution in [-0.2, 0) is 9.53 Å². The molecule has 4 nitrogen and oxygen atoms in total. The van der Waals surface area contributed by atoms with E-state index in [1.807, 2.05) is 39.5 Å². The average molecular weight is 228 g/mol. The van der Waals surface area contributed by atoms with E-state index in [-0.39, 0.29) is 17.6 Å². The number of amides is 1. The summed E-state index contributed by atoms with van der Waals surface area (Å²) in [4.78, 5) is 13.8. The molecule has 1 aliphatic rings. The zero-order chi connectivity index (χ0) is 12.3. The van der Waals surface area contributed by atoms with Crippen molar-refractivity contribution in [3.05, 3.63) is 0 Å². The molecule has 0 aromatic carbocycles. The van der Waals surface area contributed by atoms with Crippen LogP contribution >= 0.6 is 0 Å². The Morgan fingerprint density at radius 2 is 2.19 bits per heavy atom. The zero-order valence-electron chi connectivity index (χ0n) is 11.0. The summed E-state index contributed by atoms with van der Waals surface area (Å²) in [7, 11) is 0. The Kier molecular flexibility index (Phi) is 4.33. The summed E-state index contributed by atoms with van der Waals surface area (Å²) in [5, 5.41) is 3.15. The second-order valence-corrected chi connectivity index (χ2v) is 5.50. The van der Waals surface area contributed by atoms with Crippen LogP contribution in [0.2, 0.25) is 0 Å². The van der Waals surface area contributed by atoms with Crippen molar-refractivity contribution < 1.29 is 9.53 Å². The molecule has 0 radical (unpaired) electrons. The maximum absolute atomic E-state index is 11.9. The minimum absolute atomic E-state index is 0.117. The molecule has 1 saturated heterocycles. The Hall–Kier alpha value is -0.610. The molecule has 0 saturated carbocycles. The molecule has 0 aliphatic carbocycles. The number of nitrogens with zero attached hydrogens (tertiary/aromatic N) is 1. The van der Waals surface area contributed by atoms with Crippen molar-refractivity contribution in [3.63, 3.8) is 0 Å². The Balaban J connectivity index is 2.49. The number of morpholine rings is 1. The van der Waals surface area contributed by atoms with Crippen molar-refractivity contribution in [1.82, 2.24) is 10.2 Å². The third-order valence-electron chi connectivity index (χ3n) is 2.58. The van der Waals surface area contributed by atoms with Gasteiger partial charge in [-0.2, -0.15) is 0 Å². The van der Waals surface area contributed by atoms with E-state index in [9.17, 15) is 4.79 Å². The highest BCUT2D eigenvalue weighted by atomic mass is 16.5. The molecule has 1 N–H and O–H groups in total. The molecule has 0 spiro atoms. The number of carbonyl (C=O) groups is 1.